The van der Waals surface area contributed by atoms with Crippen LogP contribution in [0, 0.1) is 5.92 Å². The van der Waals surface area contributed by atoms with E-state index in [9.17, 15) is 0 Å². The van der Waals surface area contributed by atoms with Crippen molar-refractivity contribution in [1.29, 1.82) is 0 Å². The first kappa shape index (κ1) is 12.6. The molecule has 2 heterocycles. The summed E-state index contributed by atoms with van der Waals surface area (Å²) in [5.74, 6) is 0.735. The lowest BCUT2D eigenvalue weighted by atomic mass is 9.91. The molecule has 100 valence electrons. The minimum atomic E-state index is 0.669. The zero-order chi connectivity index (χ0) is 12.5. The molecule has 0 radical (unpaired) electrons. The maximum atomic E-state index is 3.67. The summed E-state index contributed by atoms with van der Waals surface area (Å²) in [6, 6.07) is 3.74. The molecule has 2 aliphatic rings. The molecule has 2 nitrogen and oxygen atoms in total. The Balaban J connectivity index is 1.76. The van der Waals surface area contributed by atoms with Gasteiger partial charge < -0.3 is 5.32 Å². The van der Waals surface area contributed by atoms with Crippen LogP contribution in [-0.4, -0.2) is 30.6 Å². The molecule has 2 unspecified atom stereocenters. The monoisotopic (exact) mass is 264 g/mol. The third-order valence-corrected chi connectivity index (χ3v) is 5.50. The molecule has 1 N–H and O–H groups in total. The van der Waals surface area contributed by atoms with Crippen LogP contribution in [0.1, 0.15) is 43.2 Å². The second-order valence-electron chi connectivity index (χ2n) is 6.01. The topological polar surface area (TPSA) is 15.3 Å². The third kappa shape index (κ3) is 2.36. The van der Waals surface area contributed by atoms with E-state index in [1.807, 2.05) is 11.3 Å². The third-order valence-electron chi connectivity index (χ3n) is 4.50. The number of thiophene rings is 1. The number of piperazine rings is 1. The van der Waals surface area contributed by atoms with Gasteiger partial charge in [0.2, 0.25) is 0 Å². The van der Waals surface area contributed by atoms with Gasteiger partial charge in [-0.1, -0.05) is 13.8 Å². The zero-order valence-electron chi connectivity index (χ0n) is 11.5. The van der Waals surface area contributed by atoms with Gasteiger partial charge in [0.1, 0.15) is 0 Å². The lowest BCUT2D eigenvalue weighted by Crippen LogP contribution is -2.53. The number of hydrogen-bond acceptors (Lipinski definition) is 3. The summed E-state index contributed by atoms with van der Waals surface area (Å²) >= 11 is 1.96. The molecule has 0 spiro atoms. The van der Waals surface area contributed by atoms with Crippen molar-refractivity contribution in [2.45, 2.75) is 45.2 Å². The van der Waals surface area contributed by atoms with Crippen molar-refractivity contribution in [2.24, 2.45) is 5.92 Å². The van der Waals surface area contributed by atoms with Crippen molar-refractivity contribution in [3.05, 3.63) is 21.9 Å². The van der Waals surface area contributed by atoms with Crippen LogP contribution < -0.4 is 5.32 Å². The van der Waals surface area contributed by atoms with E-state index in [1.165, 1.54) is 32.4 Å². The molecule has 1 fully saturated rings. The maximum absolute atomic E-state index is 3.67. The van der Waals surface area contributed by atoms with Crippen molar-refractivity contribution in [2.75, 3.05) is 19.6 Å². The summed E-state index contributed by atoms with van der Waals surface area (Å²) in [6.07, 6.45) is 4.03. The second-order valence-corrected chi connectivity index (χ2v) is 7.01. The molecule has 0 bridgehead atoms. The highest BCUT2D eigenvalue weighted by Gasteiger charge is 2.31. The zero-order valence-corrected chi connectivity index (χ0v) is 12.3. The molecule has 1 aliphatic carbocycles. The second kappa shape index (κ2) is 5.32. The highest BCUT2D eigenvalue weighted by molar-refractivity contribution is 7.10. The normalized spacial score (nSPS) is 29.5. The molecule has 2 atom stereocenters. The van der Waals surface area contributed by atoms with Gasteiger partial charge >= 0.3 is 0 Å². The van der Waals surface area contributed by atoms with Gasteiger partial charge in [-0.25, -0.2) is 0 Å². The minimum Gasteiger partial charge on any atom is -0.311 e. The number of aryl methyl sites for hydroxylation is 1. The molecule has 1 aromatic heterocycles. The van der Waals surface area contributed by atoms with Crippen LogP contribution in [0.25, 0.3) is 0 Å². The van der Waals surface area contributed by atoms with Crippen LogP contribution in [0.15, 0.2) is 11.4 Å². The van der Waals surface area contributed by atoms with Crippen molar-refractivity contribution in [3.63, 3.8) is 0 Å². The van der Waals surface area contributed by atoms with Crippen LogP contribution in [-0.2, 0) is 6.42 Å². The van der Waals surface area contributed by atoms with Crippen molar-refractivity contribution < 1.29 is 0 Å². The van der Waals surface area contributed by atoms with E-state index in [4.69, 9.17) is 0 Å². The summed E-state index contributed by atoms with van der Waals surface area (Å²) < 4.78 is 0. The van der Waals surface area contributed by atoms with E-state index < -0.39 is 0 Å². The van der Waals surface area contributed by atoms with Crippen LogP contribution in [0.2, 0.25) is 0 Å². The van der Waals surface area contributed by atoms with E-state index in [2.05, 4.69) is 35.5 Å². The summed E-state index contributed by atoms with van der Waals surface area (Å²) in [5, 5.41) is 5.95. The molecule has 0 aromatic carbocycles. The first-order valence-corrected chi connectivity index (χ1v) is 8.17. The molecule has 3 heteroatoms. The van der Waals surface area contributed by atoms with Gasteiger partial charge in [0.05, 0.1) is 0 Å². The Labute approximate surface area is 114 Å². The molecular formula is C15H24N2S. The summed E-state index contributed by atoms with van der Waals surface area (Å²) in [5.41, 5.74) is 1.63. The lowest BCUT2D eigenvalue weighted by molar-refractivity contribution is 0.116. The van der Waals surface area contributed by atoms with E-state index in [1.54, 1.807) is 10.4 Å². The fraction of sp³-hybridized carbons (Fsp3) is 0.733. The molecule has 1 saturated heterocycles. The van der Waals surface area contributed by atoms with Crippen molar-refractivity contribution in [1.82, 2.24) is 10.2 Å². The first-order chi connectivity index (χ1) is 8.75. The number of fused-ring (bicyclic) bond motifs is 1. The Bertz CT molecular complexity index is 399. The number of hydrogen-bond donors (Lipinski definition) is 1. The predicted molar refractivity (Wildman–Crippen MR) is 78.2 cm³/mol. The molecule has 1 aromatic rings. The van der Waals surface area contributed by atoms with Gasteiger partial charge in [-0.05, 0) is 42.2 Å². The quantitative estimate of drug-likeness (QED) is 0.883. The number of nitrogens with one attached hydrogen (secondary N) is 1. The lowest BCUT2D eigenvalue weighted by Gasteiger charge is -2.41. The van der Waals surface area contributed by atoms with Crippen LogP contribution >= 0.6 is 11.3 Å². The van der Waals surface area contributed by atoms with E-state index in [0.717, 1.165) is 12.5 Å². The fourth-order valence-corrected chi connectivity index (χ4v) is 4.35. The number of rotatable bonds is 2. The van der Waals surface area contributed by atoms with Crippen LogP contribution in [0.5, 0.6) is 0 Å². The van der Waals surface area contributed by atoms with Crippen LogP contribution in [0.3, 0.4) is 0 Å². The average molecular weight is 264 g/mol. The van der Waals surface area contributed by atoms with Gasteiger partial charge in [-0.3, -0.25) is 4.90 Å². The molecule has 0 amide bonds. The van der Waals surface area contributed by atoms with Crippen molar-refractivity contribution in [3.8, 4) is 0 Å². The van der Waals surface area contributed by atoms with E-state index in [-0.39, 0.29) is 0 Å². The fourth-order valence-electron chi connectivity index (χ4n) is 3.37. The minimum absolute atomic E-state index is 0.669. The Morgan fingerprint density at radius 2 is 2.33 bits per heavy atom. The molecule has 3 rings (SSSR count). The van der Waals surface area contributed by atoms with Crippen LogP contribution in [0.4, 0.5) is 0 Å². The average Bonchev–Trinajstić information content (AvgIpc) is 2.87. The Hall–Kier alpha value is -0.380. The Morgan fingerprint density at radius 3 is 3.17 bits per heavy atom. The van der Waals surface area contributed by atoms with Gasteiger partial charge in [0.25, 0.3) is 0 Å². The first-order valence-electron chi connectivity index (χ1n) is 7.29. The standard InChI is InChI=1S/C15H24N2S/c1-11(2)13-10-17(8-7-16-13)14-4-3-5-15-12(14)6-9-18-15/h6,9,11,13-14,16H,3-5,7-8,10H2,1-2H3. The van der Waals surface area contributed by atoms with Crippen molar-refractivity contribution >= 4 is 11.3 Å². The van der Waals surface area contributed by atoms with Gasteiger partial charge in [-0.2, -0.15) is 0 Å². The molecular weight excluding hydrogens is 240 g/mol. The van der Waals surface area contributed by atoms with E-state index in [0.29, 0.717) is 12.1 Å². The highest BCUT2D eigenvalue weighted by atomic mass is 32.1. The molecule has 1 aliphatic heterocycles. The molecule has 0 saturated carbocycles. The van der Waals surface area contributed by atoms with E-state index >= 15 is 0 Å². The Kier molecular flexibility index (Phi) is 3.73. The van der Waals surface area contributed by atoms with Gasteiger partial charge in [0, 0.05) is 36.6 Å². The Morgan fingerprint density at radius 1 is 1.44 bits per heavy atom. The smallest absolute Gasteiger partial charge is 0.0360 e. The summed E-state index contributed by atoms with van der Waals surface area (Å²) in [6.45, 7) is 8.25. The van der Waals surface area contributed by atoms with Gasteiger partial charge in [0.15, 0.2) is 0 Å². The maximum Gasteiger partial charge on any atom is 0.0360 e. The predicted octanol–water partition coefficient (Wildman–Crippen LogP) is 3.06. The summed E-state index contributed by atoms with van der Waals surface area (Å²) in [7, 11) is 0. The highest BCUT2D eigenvalue weighted by Crippen LogP contribution is 2.37. The number of nitrogens with zero attached hydrogens (tertiary/aromatic N) is 1. The largest absolute Gasteiger partial charge is 0.311 e. The summed E-state index contributed by atoms with van der Waals surface area (Å²) in [4.78, 5) is 4.37. The SMILES string of the molecule is CC(C)C1CN(C2CCCc3sccc32)CCN1. The van der Waals surface area contributed by atoms with Gasteiger partial charge in [-0.15, -0.1) is 11.3 Å². The molecule has 18 heavy (non-hydrogen) atoms.